The molecule has 0 aliphatic carbocycles. The van der Waals surface area contributed by atoms with Crippen molar-refractivity contribution in [2.24, 2.45) is 0 Å². The van der Waals surface area contributed by atoms with Gasteiger partial charge in [0.15, 0.2) is 0 Å². The van der Waals surface area contributed by atoms with E-state index in [2.05, 4.69) is 28.7 Å². The molecule has 0 saturated carbocycles. The van der Waals surface area contributed by atoms with E-state index in [1.165, 1.54) is 0 Å². The lowest BCUT2D eigenvalue weighted by Crippen LogP contribution is -2.32. The van der Waals surface area contributed by atoms with Crippen LogP contribution in [-0.4, -0.2) is 34.7 Å². The van der Waals surface area contributed by atoms with Crippen molar-refractivity contribution in [3.8, 4) is 0 Å². The Morgan fingerprint density at radius 3 is 3.09 bits per heavy atom. The van der Waals surface area contributed by atoms with Gasteiger partial charge in [-0.3, -0.25) is 4.79 Å². The summed E-state index contributed by atoms with van der Waals surface area (Å²) in [5.41, 5.74) is 3.04. The Morgan fingerprint density at radius 1 is 1.50 bits per heavy atom. The standard InChI is InChI=1S/C17H23N3O2/c1-12(2)20-11-19-15-8-13(5-6-16(15)20)9-17(21)18-10-14-4-3-7-22-14/h5-6,8,11-12,14H,3-4,7,9-10H2,1-2H3,(H,18,21). The summed E-state index contributed by atoms with van der Waals surface area (Å²) in [7, 11) is 0. The summed E-state index contributed by atoms with van der Waals surface area (Å²) >= 11 is 0. The van der Waals surface area contributed by atoms with E-state index in [-0.39, 0.29) is 12.0 Å². The van der Waals surface area contributed by atoms with Gasteiger partial charge in [0.05, 0.1) is 29.9 Å². The normalized spacial score (nSPS) is 18.2. The highest BCUT2D eigenvalue weighted by Gasteiger charge is 2.16. The zero-order chi connectivity index (χ0) is 15.5. The van der Waals surface area contributed by atoms with E-state index < -0.39 is 0 Å². The minimum atomic E-state index is 0.0399. The summed E-state index contributed by atoms with van der Waals surface area (Å²) < 4.78 is 7.64. The Bertz CT molecular complexity index is 657. The van der Waals surface area contributed by atoms with Crippen molar-refractivity contribution in [3.05, 3.63) is 30.1 Å². The van der Waals surface area contributed by atoms with Gasteiger partial charge in [-0.15, -0.1) is 0 Å². The molecule has 3 rings (SSSR count). The number of nitrogens with zero attached hydrogens (tertiary/aromatic N) is 2. The Hall–Kier alpha value is -1.88. The van der Waals surface area contributed by atoms with E-state index >= 15 is 0 Å². The molecule has 1 aromatic carbocycles. The predicted octanol–water partition coefficient (Wildman–Crippen LogP) is 2.45. The summed E-state index contributed by atoms with van der Waals surface area (Å²) in [6, 6.07) is 6.44. The van der Waals surface area contributed by atoms with Gasteiger partial charge < -0.3 is 14.6 Å². The third-order valence-electron chi connectivity index (χ3n) is 4.11. The van der Waals surface area contributed by atoms with E-state index in [1.54, 1.807) is 0 Å². The third kappa shape index (κ3) is 3.30. The number of hydrogen-bond acceptors (Lipinski definition) is 3. The van der Waals surface area contributed by atoms with Crippen LogP contribution in [-0.2, 0) is 16.0 Å². The zero-order valence-electron chi connectivity index (χ0n) is 13.2. The van der Waals surface area contributed by atoms with Crippen LogP contribution < -0.4 is 5.32 Å². The van der Waals surface area contributed by atoms with Crippen molar-refractivity contribution in [2.45, 2.75) is 45.3 Å². The summed E-state index contributed by atoms with van der Waals surface area (Å²) in [5.74, 6) is 0.0399. The van der Waals surface area contributed by atoms with E-state index in [0.29, 0.717) is 19.0 Å². The van der Waals surface area contributed by atoms with Crippen LogP contribution in [0.1, 0.15) is 38.3 Å². The van der Waals surface area contributed by atoms with Crippen molar-refractivity contribution < 1.29 is 9.53 Å². The number of hydrogen-bond donors (Lipinski definition) is 1. The number of ether oxygens (including phenoxy) is 1. The maximum Gasteiger partial charge on any atom is 0.224 e. The molecule has 1 aliphatic heterocycles. The fourth-order valence-corrected chi connectivity index (χ4v) is 2.88. The van der Waals surface area contributed by atoms with Crippen molar-refractivity contribution in [1.29, 1.82) is 0 Å². The number of fused-ring (bicyclic) bond motifs is 1. The lowest BCUT2D eigenvalue weighted by Gasteiger charge is -2.11. The first-order valence-electron chi connectivity index (χ1n) is 7.97. The number of carbonyl (C=O) groups excluding carboxylic acids is 1. The SMILES string of the molecule is CC(C)n1cnc2cc(CC(=O)NCC3CCCO3)ccc21. The number of benzene rings is 1. The second-order valence-corrected chi connectivity index (χ2v) is 6.18. The monoisotopic (exact) mass is 301 g/mol. The molecule has 0 spiro atoms. The van der Waals surface area contributed by atoms with E-state index in [0.717, 1.165) is 36.0 Å². The number of imidazole rings is 1. The lowest BCUT2D eigenvalue weighted by molar-refractivity contribution is -0.120. The van der Waals surface area contributed by atoms with Gasteiger partial charge in [0.1, 0.15) is 0 Å². The number of nitrogens with one attached hydrogen (secondary N) is 1. The van der Waals surface area contributed by atoms with Crippen LogP contribution in [0.2, 0.25) is 0 Å². The van der Waals surface area contributed by atoms with Gasteiger partial charge in [0.25, 0.3) is 0 Å². The third-order valence-corrected chi connectivity index (χ3v) is 4.11. The smallest absolute Gasteiger partial charge is 0.224 e. The highest BCUT2D eigenvalue weighted by Crippen LogP contribution is 2.19. The molecular formula is C17H23N3O2. The fourth-order valence-electron chi connectivity index (χ4n) is 2.88. The summed E-state index contributed by atoms with van der Waals surface area (Å²) in [4.78, 5) is 16.5. The zero-order valence-corrected chi connectivity index (χ0v) is 13.2. The molecule has 5 nitrogen and oxygen atoms in total. The maximum absolute atomic E-state index is 12.0. The predicted molar refractivity (Wildman–Crippen MR) is 85.8 cm³/mol. The first-order chi connectivity index (χ1) is 10.6. The van der Waals surface area contributed by atoms with Crippen LogP contribution in [0, 0.1) is 0 Å². The number of carbonyl (C=O) groups is 1. The van der Waals surface area contributed by atoms with Crippen LogP contribution >= 0.6 is 0 Å². The molecule has 22 heavy (non-hydrogen) atoms. The van der Waals surface area contributed by atoms with Crippen LogP contribution in [0.5, 0.6) is 0 Å². The average Bonchev–Trinajstić information content (AvgIpc) is 3.14. The van der Waals surface area contributed by atoms with Crippen LogP contribution in [0.4, 0.5) is 0 Å². The van der Waals surface area contributed by atoms with Crippen molar-refractivity contribution in [2.75, 3.05) is 13.2 Å². The van der Waals surface area contributed by atoms with Crippen molar-refractivity contribution >= 4 is 16.9 Å². The molecule has 5 heteroatoms. The maximum atomic E-state index is 12.0. The highest BCUT2D eigenvalue weighted by atomic mass is 16.5. The van der Waals surface area contributed by atoms with Gasteiger partial charge in [-0.05, 0) is 44.4 Å². The molecule has 1 atom stereocenters. The van der Waals surface area contributed by atoms with Gasteiger partial charge in [0, 0.05) is 19.2 Å². The molecule has 1 fully saturated rings. The molecule has 1 N–H and O–H groups in total. The number of amides is 1. The molecule has 1 unspecified atom stereocenters. The molecule has 2 aromatic rings. The van der Waals surface area contributed by atoms with Crippen LogP contribution in [0.3, 0.4) is 0 Å². The average molecular weight is 301 g/mol. The van der Waals surface area contributed by atoms with Crippen molar-refractivity contribution in [3.63, 3.8) is 0 Å². The first kappa shape index (κ1) is 15.0. The van der Waals surface area contributed by atoms with E-state index in [4.69, 9.17) is 4.74 Å². The Labute approximate surface area is 130 Å². The van der Waals surface area contributed by atoms with Crippen LogP contribution in [0.15, 0.2) is 24.5 Å². The highest BCUT2D eigenvalue weighted by molar-refractivity contribution is 5.81. The van der Waals surface area contributed by atoms with E-state index in [9.17, 15) is 4.79 Å². The van der Waals surface area contributed by atoms with Crippen molar-refractivity contribution in [1.82, 2.24) is 14.9 Å². The molecule has 1 saturated heterocycles. The molecule has 2 heterocycles. The largest absolute Gasteiger partial charge is 0.376 e. The fraction of sp³-hybridized carbons (Fsp3) is 0.529. The second-order valence-electron chi connectivity index (χ2n) is 6.18. The number of rotatable bonds is 5. The van der Waals surface area contributed by atoms with Gasteiger partial charge in [-0.1, -0.05) is 6.07 Å². The van der Waals surface area contributed by atoms with Gasteiger partial charge >= 0.3 is 0 Å². The molecule has 0 radical (unpaired) electrons. The quantitative estimate of drug-likeness (QED) is 0.923. The first-order valence-corrected chi connectivity index (χ1v) is 7.97. The Morgan fingerprint density at radius 2 is 2.36 bits per heavy atom. The summed E-state index contributed by atoms with van der Waals surface area (Å²) in [5, 5.41) is 2.96. The molecule has 1 amide bonds. The van der Waals surface area contributed by atoms with E-state index in [1.807, 2.05) is 24.5 Å². The molecule has 1 aromatic heterocycles. The Kier molecular flexibility index (Phi) is 4.43. The minimum absolute atomic E-state index is 0.0399. The molecule has 118 valence electrons. The second kappa shape index (κ2) is 6.48. The van der Waals surface area contributed by atoms with Crippen LogP contribution in [0.25, 0.3) is 11.0 Å². The van der Waals surface area contributed by atoms with Gasteiger partial charge in [-0.25, -0.2) is 4.98 Å². The van der Waals surface area contributed by atoms with Gasteiger partial charge in [-0.2, -0.15) is 0 Å². The Balaban J connectivity index is 1.62. The summed E-state index contributed by atoms with van der Waals surface area (Å²) in [6.07, 6.45) is 4.57. The minimum Gasteiger partial charge on any atom is -0.376 e. The summed E-state index contributed by atoms with van der Waals surface area (Å²) in [6.45, 7) is 5.69. The molecular weight excluding hydrogens is 278 g/mol. The molecule has 0 bridgehead atoms. The van der Waals surface area contributed by atoms with Gasteiger partial charge in [0.2, 0.25) is 5.91 Å². The molecule has 1 aliphatic rings. The number of aromatic nitrogens is 2. The topological polar surface area (TPSA) is 56.2 Å². The lowest BCUT2D eigenvalue weighted by atomic mass is 10.1.